The molecule has 0 radical (unpaired) electrons. The predicted molar refractivity (Wildman–Crippen MR) is 225 cm³/mol. The molecule has 21 nitrogen and oxygen atoms in total. The zero-order valence-corrected chi connectivity index (χ0v) is 39.4. The minimum Gasteiger partial charge on any atom is -0.465 e. The summed E-state index contributed by atoms with van der Waals surface area (Å²) in [7, 11) is 0. The Morgan fingerprint density at radius 3 is 2.12 bits per heavy atom. The zero-order chi connectivity index (χ0) is 49.3. The fourth-order valence-electron chi connectivity index (χ4n) is 12.5. The number of aliphatic hydroxyl groups is 4. The molecule has 5 fully saturated rings. The van der Waals surface area contributed by atoms with E-state index < -0.39 is 151 Å². The van der Waals surface area contributed by atoms with Crippen LogP contribution in [0.15, 0.2) is 22.8 Å². The molecule has 4 heterocycles. The van der Waals surface area contributed by atoms with Crippen molar-refractivity contribution in [3.8, 4) is 0 Å². The minimum absolute atomic E-state index is 0.0399. The minimum atomic E-state index is -1.80. The first-order valence-corrected chi connectivity index (χ1v) is 23.5. The molecule has 0 aromatic heterocycles. The van der Waals surface area contributed by atoms with Crippen LogP contribution in [0.1, 0.15) is 87.5 Å². The van der Waals surface area contributed by atoms with Crippen molar-refractivity contribution < 1.29 is 101 Å². The quantitative estimate of drug-likeness (QED) is 0.133. The number of carbonyl (C=O) groups is 6. The third-order valence-corrected chi connectivity index (χ3v) is 15.5. The number of fused-ring (bicyclic) bond motifs is 6. The maximum absolute atomic E-state index is 14.9. The normalized spacial score (nSPS) is 45.2. The highest BCUT2D eigenvalue weighted by Crippen LogP contribution is 2.64. The van der Waals surface area contributed by atoms with Crippen molar-refractivity contribution in [2.45, 2.75) is 179 Å². The number of aliphatic hydroxyl groups excluding tert-OH is 4. The van der Waals surface area contributed by atoms with E-state index in [2.05, 4.69) is 0 Å². The van der Waals surface area contributed by atoms with E-state index in [4.69, 9.17) is 52.1 Å². The van der Waals surface area contributed by atoms with Gasteiger partial charge in [0.05, 0.1) is 37.4 Å². The number of esters is 5. The van der Waals surface area contributed by atoms with Crippen LogP contribution in [0, 0.1) is 35.0 Å². The van der Waals surface area contributed by atoms with E-state index in [0.717, 1.165) is 31.9 Å². The molecule has 21 atom stereocenters. The van der Waals surface area contributed by atoms with Crippen LogP contribution in [-0.2, 0) is 80.9 Å². The van der Waals surface area contributed by atoms with E-state index in [9.17, 15) is 49.2 Å². The third kappa shape index (κ3) is 8.93. The fourth-order valence-corrected chi connectivity index (χ4v) is 12.5. The van der Waals surface area contributed by atoms with Crippen molar-refractivity contribution in [2.75, 3.05) is 19.8 Å². The maximum Gasteiger partial charge on any atom is 0.303 e. The molecule has 0 aromatic carbocycles. The van der Waals surface area contributed by atoms with Crippen LogP contribution in [0.3, 0.4) is 0 Å². The van der Waals surface area contributed by atoms with Gasteiger partial charge in [0.2, 0.25) is 5.79 Å². The van der Waals surface area contributed by atoms with Crippen molar-refractivity contribution >= 4 is 35.6 Å². The first-order valence-electron chi connectivity index (χ1n) is 23.5. The number of carbonyl (C=O) groups excluding carboxylic acids is 6. The summed E-state index contributed by atoms with van der Waals surface area (Å²) in [5, 5.41) is 45.1. The average Bonchev–Trinajstić information content (AvgIpc) is 3.73. The summed E-state index contributed by atoms with van der Waals surface area (Å²) in [5.41, 5.74) is 1.44. The van der Waals surface area contributed by atoms with Gasteiger partial charge in [0.1, 0.15) is 43.2 Å². The largest absolute Gasteiger partial charge is 0.465 e. The number of ether oxygens (including phenoxy) is 11. The summed E-state index contributed by atoms with van der Waals surface area (Å²) in [6.07, 6.45) is -14.4. The smallest absolute Gasteiger partial charge is 0.303 e. The zero-order valence-electron chi connectivity index (χ0n) is 39.4. The summed E-state index contributed by atoms with van der Waals surface area (Å²) >= 11 is 0. The van der Waals surface area contributed by atoms with E-state index in [0.29, 0.717) is 31.3 Å². The van der Waals surface area contributed by atoms with Gasteiger partial charge in [-0.05, 0) is 38.0 Å². The van der Waals surface area contributed by atoms with Crippen LogP contribution >= 0.6 is 0 Å². The second-order valence-electron chi connectivity index (χ2n) is 19.8. The van der Waals surface area contributed by atoms with E-state index in [1.165, 1.54) is 20.8 Å². The Balaban J connectivity index is 1.12. The monoisotopic (exact) mass is 964 g/mol. The number of hydrogen-bond acceptors (Lipinski definition) is 21. The number of ketones is 1. The first-order chi connectivity index (χ1) is 32.1. The molecule has 8 rings (SSSR count). The van der Waals surface area contributed by atoms with Crippen LogP contribution in [0.2, 0.25) is 0 Å². The van der Waals surface area contributed by atoms with Gasteiger partial charge in [-0.15, -0.1) is 0 Å². The van der Waals surface area contributed by atoms with Crippen LogP contribution in [0.4, 0.5) is 0 Å². The highest BCUT2D eigenvalue weighted by molar-refractivity contribution is 6.04. The predicted octanol–water partition coefficient (Wildman–Crippen LogP) is 0.621. The molecule has 4 saturated heterocycles. The Bertz CT molecular complexity index is 2070. The molecule has 4 aliphatic heterocycles. The third-order valence-electron chi connectivity index (χ3n) is 15.5. The van der Waals surface area contributed by atoms with Crippen LogP contribution in [0.25, 0.3) is 0 Å². The second-order valence-corrected chi connectivity index (χ2v) is 19.8. The van der Waals surface area contributed by atoms with Crippen molar-refractivity contribution in [1.82, 2.24) is 0 Å². The molecule has 0 unspecified atom stereocenters. The van der Waals surface area contributed by atoms with Crippen molar-refractivity contribution in [3.05, 3.63) is 22.8 Å². The molecule has 8 aliphatic rings. The van der Waals surface area contributed by atoms with Crippen molar-refractivity contribution in [2.24, 2.45) is 35.0 Å². The average molecular weight is 965 g/mol. The Morgan fingerprint density at radius 2 is 1.46 bits per heavy atom. The van der Waals surface area contributed by atoms with Gasteiger partial charge in [0.15, 0.2) is 36.7 Å². The van der Waals surface area contributed by atoms with Gasteiger partial charge in [-0.3, -0.25) is 28.8 Å². The summed E-state index contributed by atoms with van der Waals surface area (Å²) in [6, 6.07) is 0. The topological polar surface area (TPSA) is 285 Å². The summed E-state index contributed by atoms with van der Waals surface area (Å²) < 4.78 is 66.1. The van der Waals surface area contributed by atoms with Gasteiger partial charge in [-0.25, -0.2) is 0 Å². The Kier molecular flexibility index (Phi) is 14.4. The molecule has 0 bridgehead atoms. The van der Waals surface area contributed by atoms with E-state index in [-0.39, 0.29) is 37.3 Å². The lowest BCUT2D eigenvalue weighted by Crippen LogP contribution is -2.65. The Hall–Kier alpha value is -3.90. The molecular weight excluding hydrogens is 900 g/mol. The molecule has 4 N–H and O–H groups in total. The van der Waals surface area contributed by atoms with E-state index >= 15 is 0 Å². The number of allylic oxidation sites excluding steroid dienone is 1. The summed E-state index contributed by atoms with van der Waals surface area (Å²) in [6.45, 7) is 10.6. The standard InChI is InChI=1S/C47H64O21/c1-18-15-60-47(43(57)35(18)54)30(16-58-20(3)48)34-28-11-12-29-27(33(28)37(56)39(34)68-47)10-9-25-13-26(62-21(4)49)14-32(46(25,29)8)66-44-40(36(55)31(53)17-59-44)67-45-42(65-24(7)52)41(64-23(6)51)38(19(2)61-45)63-22(5)50/h9,18-19,26-27,29-32,34-36,38-45,53-55,57H,10-17H2,1-8H3/t18-,19-,26+,27+,29-,30-,31-,32+,34-,35-,36-,38-,39+,40+,41+,42+,43-,44-,45-,46-,47-/m0/s1. The molecular formula is C47H64O21. The highest BCUT2D eigenvalue weighted by atomic mass is 16.8. The van der Waals surface area contributed by atoms with Gasteiger partial charge < -0.3 is 72.5 Å². The van der Waals surface area contributed by atoms with Crippen LogP contribution in [-0.4, -0.2) is 167 Å². The Morgan fingerprint density at radius 1 is 0.794 bits per heavy atom. The van der Waals surface area contributed by atoms with Gasteiger partial charge >= 0.3 is 29.8 Å². The number of rotatable bonds is 10. The first kappa shape index (κ1) is 50.5. The van der Waals surface area contributed by atoms with Crippen LogP contribution < -0.4 is 0 Å². The number of Topliss-reactive ketones (excluding diaryl/α,β-unsaturated/α-hetero) is 1. The SMILES string of the molecule is CC(=O)OC[C@H]1[C@@H]2C3=C(C(=O)[C@@H]2O[C@@]12OC[C@H](C)[C@H](O)[C@@H]2O)[C@@H]1CC=C2C[C@@H](OC(C)=O)C[C@@H](O[C@@H]4OC[C@H](O)[C@H](O)[C@H]4O[C@@H]4O[C@@H](C)[C@H](OC(C)=O)[C@@H](OC(C)=O)[C@H]4OC(C)=O)[C@]2(C)[C@H]1CC3. The lowest BCUT2D eigenvalue weighted by atomic mass is 9.51. The second kappa shape index (κ2) is 19.4. The van der Waals surface area contributed by atoms with Gasteiger partial charge in [-0.1, -0.05) is 31.1 Å². The van der Waals surface area contributed by atoms with Crippen molar-refractivity contribution in [1.29, 1.82) is 0 Å². The van der Waals surface area contributed by atoms with Crippen molar-refractivity contribution in [3.63, 3.8) is 0 Å². The summed E-state index contributed by atoms with van der Waals surface area (Å²) in [4.78, 5) is 76.5. The summed E-state index contributed by atoms with van der Waals surface area (Å²) in [5.74, 6) is -8.03. The lowest BCUT2D eigenvalue weighted by molar-refractivity contribution is -0.363. The van der Waals surface area contributed by atoms with Gasteiger partial charge in [0.25, 0.3) is 0 Å². The van der Waals surface area contributed by atoms with Gasteiger partial charge in [-0.2, -0.15) is 0 Å². The molecule has 4 aliphatic carbocycles. The van der Waals surface area contributed by atoms with Gasteiger partial charge in [0, 0.05) is 70.3 Å². The number of hydrogen-bond donors (Lipinski definition) is 4. The lowest BCUT2D eigenvalue weighted by Gasteiger charge is -2.57. The molecule has 0 amide bonds. The molecule has 1 spiro atoms. The van der Waals surface area contributed by atoms with Crippen LogP contribution in [0.5, 0.6) is 0 Å². The van der Waals surface area contributed by atoms with E-state index in [1.54, 1.807) is 6.92 Å². The Labute approximate surface area is 392 Å². The molecule has 1 saturated carbocycles. The fraction of sp³-hybridized carbons (Fsp3) is 0.787. The maximum atomic E-state index is 14.9. The van der Waals surface area contributed by atoms with E-state index in [1.807, 2.05) is 13.0 Å². The molecule has 21 heteroatoms. The molecule has 68 heavy (non-hydrogen) atoms. The molecule has 378 valence electrons. The highest BCUT2D eigenvalue weighted by Gasteiger charge is 2.70. The molecule has 0 aromatic rings.